The molecule has 1 fully saturated rings. The molecule has 3 nitrogen and oxygen atoms in total. The Kier molecular flexibility index (Phi) is 3.69. The lowest BCUT2D eigenvalue weighted by Gasteiger charge is -2.43. The molecule has 17 heavy (non-hydrogen) atoms. The van der Waals surface area contributed by atoms with Crippen LogP contribution in [0.3, 0.4) is 0 Å². The second kappa shape index (κ2) is 5.07. The third-order valence-electron chi connectivity index (χ3n) is 3.60. The Morgan fingerprint density at radius 1 is 1.35 bits per heavy atom. The molecule has 94 valence electrons. The first-order chi connectivity index (χ1) is 8.20. The van der Waals surface area contributed by atoms with Crippen molar-refractivity contribution in [3.63, 3.8) is 0 Å². The summed E-state index contributed by atoms with van der Waals surface area (Å²) < 4.78 is 10.6. The molecule has 0 saturated carbocycles. The number of nitrogens with two attached hydrogens (primary N) is 1. The number of ether oxygens (including phenoxy) is 2. The first kappa shape index (κ1) is 12.4. The second-order valence-electron chi connectivity index (χ2n) is 5.05. The van der Waals surface area contributed by atoms with Gasteiger partial charge in [0.15, 0.2) is 0 Å². The van der Waals surface area contributed by atoms with Crippen LogP contribution in [0.5, 0.6) is 5.75 Å². The molecule has 1 aliphatic rings. The molecule has 1 saturated heterocycles. The van der Waals surface area contributed by atoms with Gasteiger partial charge in [-0.05, 0) is 36.6 Å². The van der Waals surface area contributed by atoms with E-state index in [2.05, 4.69) is 19.1 Å². The van der Waals surface area contributed by atoms with Gasteiger partial charge in [0, 0.05) is 5.41 Å². The summed E-state index contributed by atoms with van der Waals surface area (Å²) in [5, 5.41) is 0. The van der Waals surface area contributed by atoms with Crippen molar-refractivity contribution < 1.29 is 9.47 Å². The fraction of sp³-hybridized carbons (Fsp3) is 0.571. The van der Waals surface area contributed by atoms with E-state index in [4.69, 9.17) is 15.2 Å². The summed E-state index contributed by atoms with van der Waals surface area (Å²) in [4.78, 5) is 0. The number of benzene rings is 1. The molecule has 0 amide bonds. The van der Waals surface area contributed by atoms with Gasteiger partial charge in [0.25, 0.3) is 0 Å². The average molecular weight is 235 g/mol. The number of rotatable bonds is 5. The van der Waals surface area contributed by atoms with Crippen LogP contribution in [0.15, 0.2) is 24.3 Å². The zero-order valence-corrected chi connectivity index (χ0v) is 10.6. The van der Waals surface area contributed by atoms with Crippen LogP contribution in [0.4, 0.5) is 0 Å². The summed E-state index contributed by atoms with van der Waals surface area (Å²) in [5.74, 6) is 1.43. The molecule has 0 aliphatic carbocycles. The van der Waals surface area contributed by atoms with Crippen molar-refractivity contribution in [3.8, 4) is 5.75 Å². The largest absolute Gasteiger partial charge is 0.497 e. The molecule has 2 rings (SSSR count). The molecule has 2 N–H and O–H groups in total. The minimum Gasteiger partial charge on any atom is -0.497 e. The Labute approximate surface area is 103 Å². The van der Waals surface area contributed by atoms with Crippen molar-refractivity contribution in [1.82, 2.24) is 0 Å². The lowest BCUT2D eigenvalue weighted by molar-refractivity contribution is -0.0702. The Morgan fingerprint density at radius 2 is 2.00 bits per heavy atom. The molecule has 1 aromatic carbocycles. The quantitative estimate of drug-likeness (QED) is 0.848. The van der Waals surface area contributed by atoms with Crippen molar-refractivity contribution in [3.05, 3.63) is 29.8 Å². The predicted octanol–water partition coefficient (Wildman–Crippen LogP) is 1.95. The van der Waals surface area contributed by atoms with Crippen molar-refractivity contribution in [2.45, 2.75) is 18.8 Å². The monoisotopic (exact) mass is 235 g/mol. The fourth-order valence-corrected chi connectivity index (χ4v) is 2.45. The average Bonchev–Trinajstić information content (AvgIpc) is 2.33. The van der Waals surface area contributed by atoms with E-state index in [-0.39, 0.29) is 5.41 Å². The highest BCUT2D eigenvalue weighted by atomic mass is 16.5. The number of hydrogen-bond donors (Lipinski definition) is 1. The lowest BCUT2D eigenvalue weighted by Crippen LogP contribution is -2.48. The zero-order valence-electron chi connectivity index (χ0n) is 10.6. The van der Waals surface area contributed by atoms with E-state index in [0.717, 1.165) is 31.9 Å². The van der Waals surface area contributed by atoms with Gasteiger partial charge in [0.2, 0.25) is 0 Å². The molecule has 1 unspecified atom stereocenters. The molecule has 0 bridgehead atoms. The normalized spacial score (nSPS) is 19.5. The van der Waals surface area contributed by atoms with Gasteiger partial charge in [-0.3, -0.25) is 0 Å². The van der Waals surface area contributed by atoms with Crippen molar-refractivity contribution in [2.75, 3.05) is 26.9 Å². The molecule has 1 heterocycles. The first-order valence-electron chi connectivity index (χ1n) is 6.12. The van der Waals surface area contributed by atoms with Crippen LogP contribution in [0, 0.1) is 5.92 Å². The Morgan fingerprint density at radius 3 is 2.41 bits per heavy atom. The van der Waals surface area contributed by atoms with E-state index in [1.165, 1.54) is 5.56 Å². The smallest absolute Gasteiger partial charge is 0.118 e. The summed E-state index contributed by atoms with van der Waals surface area (Å²) in [6, 6.07) is 8.32. The maximum absolute atomic E-state index is 5.72. The van der Waals surface area contributed by atoms with E-state index < -0.39 is 0 Å². The van der Waals surface area contributed by atoms with Gasteiger partial charge >= 0.3 is 0 Å². The molecule has 3 heteroatoms. The predicted molar refractivity (Wildman–Crippen MR) is 68.3 cm³/mol. The van der Waals surface area contributed by atoms with Crippen LogP contribution in [-0.2, 0) is 10.2 Å². The topological polar surface area (TPSA) is 44.5 Å². The van der Waals surface area contributed by atoms with Crippen LogP contribution in [0.25, 0.3) is 0 Å². The molecule has 1 aromatic rings. The van der Waals surface area contributed by atoms with E-state index in [9.17, 15) is 0 Å². The Bertz CT molecular complexity index is 357. The number of hydrogen-bond acceptors (Lipinski definition) is 3. The highest BCUT2D eigenvalue weighted by Crippen LogP contribution is 2.38. The van der Waals surface area contributed by atoms with E-state index in [0.29, 0.717) is 5.92 Å². The summed E-state index contributed by atoms with van der Waals surface area (Å²) in [6.07, 6.45) is 1.09. The highest BCUT2D eigenvalue weighted by Gasteiger charge is 2.40. The van der Waals surface area contributed by atoms with Crippen LogP contribution >= 0.6 is 0 Å². The number of methoxy groups -OCH3 is 1. The maximum atomic E-state index is 5.72. The molecule has 0 aromatic heterocycles. The minimum absolute atomic E-state index is 0.172. The first-order valence-corrected chi connectivity index (χ1v) is 6.12. The molecule has 0 spiro atoms. The zero-order chi connectivity index (χ0) is 12.3. The van der Waals surface area contributed by atoms with Crippen LogP contribution in [0.1, 0.15) is 18.9 Å². The van der Waals surface area contributed by atoms with Crippen LogP contribution < -0.4 is 10.5 Å². The second-order valence-corrected chi connectivity index (χ2v) is 5.05. The highest BCUT2D eigenvalue weighted by molar-refractivity contribution is 5.34. The van der Waals surface area contributed by atoms with E-state index >= 15 is 0 Å². The standard InChI is InChI=1S/C14H21NO2/c1-11(8-15)7-14(9-17-10-14)12-3-5-13(16-2)6-4-12/h3-6,11H,7-10,15H2,1-2H3. The SMILES string of the molecule is COc1ccc(C2(CC(C)CN)COC2)cc1. The van der Waals surface area contributed by atoms with Gasteiger partial charge in [-0.25, -0.2) is 0 Å². The summed E-state index contributed by atoms with van der Waals surface area (Å²) in [6.45, 7) is 4.55. The summed E-state index contributed by atoms with van der Waals surface area (Å²) >= 11 is 0. The van der Waals surface area contributed by atoms with Gasteiger partial charge in [0.1, 0.15) is 5.75 Å². The van der Waals surface area contributed by atoms with E-state index in [1.807, 2.05) is 12.1 Å². The van der Waals surface area contributed by atoms with Crippen LogP contribution in [0.2, 0.25) is 0 Å². The van der Waals surface area contributed by atoms with Gasteiger partial charge in [-0.15, -0.1) is 0 Å². The molecule has 0 radical (unpaired) electrons. The van der Waals surface area contributed by atoms with Gasteiger partial charge < -0.3 is 15.2 Å². The molecular weight excluding hydrogens is 214 g/mol. The van der Waals surface area contributed by atoms with Gasteiger partial charge in [-0.2, -0.15) is 0 Å². The lowest BCUT2D eigenvalue weighted by atomic mass is 9.72. The van der Waals surface area contributed by atoms with Crippen molar-refractivity contribution >= 4 is 0 Å². The van der Waals surface area contributed by atoms with Crippen molar-refractivity contribution in [1.29, 1.82) is 0 Å². The summed E-state index contributed by atoms with van der Waals surface area (Å²) in [5.41, 5.74) is 7.23. The van der Waals surface area contributed by atoms with Crippen LogP contribution in [-0.4, -0.2) is 26.9 Å². The Hall–Kier alpha value is -1.06. The molecular formula is C14H21NO2. The van der Waals surface area contributed by atoms with E-state index in [1.54, 1.807) is 7.11 Å². The molecule has 1 atom stereocenters. The Balaban J connectivity index is 2.16. The van der Waals surface area contributed by atoms with Crippen molar-refractivity contribution in [2.24, 2.45) is 11.7 Å². The third kappa shape index (κ3) is 2.45. The molecule has 1 aliphatic heterocycles. The third-order valence-corrected chi connectivity index (χ3v) is 3.60. The fourth-order valence-electron chi connectivity index (χ4n) is 2.45. The van der Waals surface area contributed by atoms with Gasteiger partial charge in [0.05, 0.1) is 20.3 Å². The summed E-state index contributed by atoms with van der Waals surface area (Å²) in [7, 11) is 1.69. The minimum atomic E-state index is 0.172. The maximum Gasteiger partial charge on any atom is 0.118 e. The van der Waals surface area contributed by atoms with Gasteiger partial charge in [-0.1, -0.05) is 19.1 Å².